The van der Waals surface area contributed by atoms with E-state index in [2.05, 4.69) is 35.4 Å². The zero-order valence-electron chi connectivity index (χ0n) is 14.5. The zero-order valence-corrected chi connectivity index (χ0v) is 14.5. The van der Waals surface area contributed by atoms with Gasteiger partial charge in [-0.15, -0.1) is 0 Å². The van der Waals surface area contributed by atoms with E-state index in [1.807, 2.05) is 28.9 Å². The first-order valence-electron chi connectivity index (χ1n) is 8.36. The summed E-state index contributed by atoms with van der Waals surface area (Å²) in [6.45, 7) is 3.61. The lowest BCUT2D eigenvalue weighted by atomic mass is 10.1. The first kappa shape index (κ1) is 16.6. The van der Waals surface area contributed by atoms with Gasteiger partial charge >= 0.3 is 0 Å². The van der Waals surface area contributed by atoms with E-state index in [1.165, 1.54) is 0 Å². The SMILES string of the molecule is Cc1cccc2c(-c3ccc4ncccc4n3)nn(C3NCCO3)c12.N. The van der Waals surface area contributed by atoms with Gasteiger partial charge in [-0.3, -0.25) is 10.3 Å². The van der Waals surface area contributed by atoms with E-state index in [-0.39, 0.29) is 12.5 Å². The number of hydrogen-bond donors (Lipinski definition) is 2. The van der Waals surface area contributed by atoms with Crippen LogP contribution in [0.2, 0.25) is 0 Å². The van der Waals surface area contributed by atoms with Crippen molar-refractivity contribution >= 4 is 21.9 Å². The molecule has 1 fully saturated rings. The Morgan fingerprint density at radius 3 is 2.88 bits per heavy atom. The van der Waals surface area contributed by atoms with E-state index in [0.29, 0.717) is 6.61 Å². The van der Waals surface area contributed by atoms with Gasteiger partial charge in [0.2, 0.25) is 6.35 Å². The Morgan fingerprint density at radius 1 is 1.12 bits per heavy atom. The van der Waals surface area contributed by atoms with Crippen LogP contribution in [-0.4, -0.2) is 32.9 Å². The molecule has 3 aromatic heterocycles. The molecule has 132 valence electrons. The number of para-hydroxylation sites is 1. The minimum atomic E-state index is -0.237. The van der Waals surface area contributed by atoms with Crippen LogP contribution in [-0.2, 0) is 4.74 Å². The standard InChI is InChI=1S/C19H17N5O.H3N/c1-12-4-2-5-13-17(23-24(18(12)13)19-21-10-11-25-19)16-8-7-14-15(22-16)6-3-9-20-14;/h2-9,19,21H,10-11H2,1H3;1H3. The van der Waals surface area contributed by atoms with E-state index >= 15 is 0 Å². The third-order valence-electron chi connectivity index (χ3n) is 4.55. The van der Waals surface area contributed by atoms with Gasteiger partial charge in [-0.25, -0.2) is 9.67 Å². The molecule has 26 heavy (non-hydrogen) atoms. The van der Waals surface area contributed by atoms with Crippen molar-refractivity contribution in [3.05, 3.63) is 54.2 Å². The molecule has 0 amide bonds. The lowest BCUT2D eigenvalue weighted by Crippen LogP contribution is -2.22. The molecule has 0 radical (unpaired) electrons. The highest BCUT2D eigenvalue weighted by atomic mass is 16.5. The van der Waals surface area contributed by atoms with Crippen LogP contribution in [0.1, 0.15) is 11.9 Å². The summed E-state index contributed by atoms with van der Waals surface area (Å²) >= 11 is 0. The van der Waals surface area contributed by atoms with Crippen molar-refractivity contribution in [1.82, 2.24) is 31.2 Å². The van der Waals surface area contributed by atoms with Gasteiger partial charge in [0.05, 0.1) is 28.9 Å². The highest BCUT2D eigenvalue weighted by molar-refractivity contribution is 5.95. The van der Waals surface area contributed by atoms with Gasteiger partial charge in [0, 0.05) is 18.1 Å². The van der Waals surface area contributed by atoms with Crippen LogP contribution in [0.5, 0.6) is 0 Å². The Balaban J connectivity index is 0.00000168. The number of ether oxygens (including phenoxy) is 1. The van der Waals surface area contributed by atoms with Gasteiger partial charge in [0.25, 0.3) is 0 Å². The van der Waals surface area contributed by atoms with Crippen molar-refractivity contribution in [2.24, 2.45) is 0 Å². The lowest BCUT2D eigenvalue weighted by molar-refractivity contribution is 0.0381. The Kier molecular flexibility index (Phi) is 4.12. The van der Waals surface area contributed by atoms with Gasteiger partial charge in [-0.05, 0) is 36.8 Å². The number of pyridine rings is 2. The third kappa shape index (κ3) is 2.53. The van der Waals surface area contributed by atoms with Crippen LogP contribution in [0.4, 0.5) is 0 Å². The maximum atomic E-state index is 5.78. The molecule has 4 N–H and O–H groups in total. The monoisotopic (exact) mass is 348 g/mol. The number of hydrogen-bond acceptors (Lipinski definition) is 6. The van der Waals surface area contributed by atoms with Crippen LogP contribution < -0.4 is 11.5 Å². The van der Waals surface area contributed by atoms with E-state index in [1.54, 1.807) is 6.20 Å². The summed E-state index contributed by atoms with van der Waals surface area (Å²) in [5.41, 5.74) is 5.69. The number of aryl methyl sites for hydroxylation is 1. The molecular weight excluding hydrogens is 328 g/mol. The number of rotatable bonds is 2. The molecule has 4 heterocycles. The van der Waals surface area contributed by atoms with Crippen molar-refractivity contribution in [3.63, 3.8) is 0 Å². The third-order valence-corrected chi connectivity index (χ3v) is 4.55. The van der Waals surface area contributed by atoms with Crippen molar-refractivity contribution in [1.29, 1.82) is 0 Å². The Bertz CT molecular complexity index is 1080. The van der Waals surface area contributed by atoms with E-state index in [4.69, 9.17) is 14.8 Å². The first-order valence-corrected chi connectivity index (χ1v) is 8.36. The average molecular weight is 348 g/mol. The molecule has 7 heteroatoms. The maximum Gasteiger partial charge on any atom is 0.206 e. The number of benzene rings is 1. The van der Waals surface area contributed by atoms with Gasteiger partial charge in [0.15, 0.2) is 0 Å². The fourth-order valence-corrected chi connectivity index (χ4v) is 3.38. The molecule has 1 aliphatic rings. The summed E-state index contributed by atoms with van der Waals surface area (Å²) in [6, 6.07) is 14.1. The lowest BCUT2D eigenvalue weighted by Gasteiger charge is -2.12. The molecule has 1 atom stereocenters. The molecule has 0 aliphatic carbocycles. The van der Waals surface area contributed by atoms with Crippen LogP contribution in [0.3, 0.4) is 0 Å². The summed E-state index contributed by atoms with van der Waals surface area (Å²) < 4.78 is 7.71. The molecule has 4 aromatic rings. The molecule has 7 nitrogen and oxygen atoms in total. The van der Waals surface area contributed by atoms with E-state index < -0.39 is 0 Å². The van der Waals surface area contributed by atoms with E-state index in [0.717, 1.165) is 45.4 Å². The zero-order chi connectivity index (χ0) is 16.8. The van der Waals surface area contributed by atoms with Crippen molar-refractivity contribution in [3.8, 4) is 11.4 Å². The molecule has 0 spiro atoms. The number of nitrogens with zero attached hydrogens (tertiary/aromatic N) is 4. The summed E-state index contributed by atoms with van der Waals surface area (Å²) in [7, 11) is 0. The highest BCUT2D eigenvalue weighted by Gasteiger charge is 2.23. The molecule has 1 aliphatic heterocycles. The quantitative estimate of drug-likeness (QED) is 0.577. The van der Waals surface area contributed by atoms with Crippen LogP contribution in [0.15, 0.2) is 48.7 Å². The normalized spacial score (nSPS) is 16.9. The van der Waals surface area contributed by atoms with Crippen molar-refractivity contribution in [2.45, 2.75) is 13.3 Å². The average Bonchev–Trinajstić information content (AvgIpc) is 3.29. The summed E-state index contributed by atoms with van der Waals surface area (Å²) in [4.78, 5) is 9.11. The molecule has 1 saturated heterocycles. The minimum Gasteiger partial charge on any atom is -0.344 e. The predicted molar refractivity (Wildman–Crippen MR) is 101 cm³/mol. The maximum absolute atomic E-state index is 5.78. The molecule has 0 saturated carbocycles. The van der Waals surface area contributed by atoms with Crippen LogP contribution >= 0.6 is 0 Å². The number of aromatic nitrogens is 4. The van der Waals surface area contributed by atoms with Crippen molar-refractivity contribution in [2.75, 3.05) is 13.2 Å². The van der Waals surface area contributed by atoms with E-state index in [9.17, 15) is 0 Å². The topological polar surface area (TPSA) is 99.9 Å². The number of fused-ring (bicyclic) bond motifs is 2. The Labute approximate surface area is 150 Å². The Morgan fingerprint density at radius 2 is 2.04 bits per heavy atom. The van der Waals surface area contributed by atoms with Gasteiger partial charge in [-0.1, -0.05) is 18.2 Å². The second kappa shape index (κ2) is 6.45. The summed E-state index contributed by atoms with van der Waals surface area (Å²) in [5.74, 6) is 0. The van der Waals surface area contributed by atoms with Crippen molar-refractivity contribution < 1.29 is 4.74 Å². The first-order chi connectivity index (χ1) is 12.3. The van der Waals surface area contributed by atoms with Gasteiger partial charge < -0.3 is 10.9 Å². The minimum absolute atomic E-state index is 0. The molecule has 5 rings (SSSR count). The molecule has 0 bridgehead atoms. The smallest absolute Gasteiger partial charge is 0.206 e. The van der Waals surface area contributed by atoms with Gasteiger partial charge in [-0.2, -0.15) is 5.10 Å². The van der Waals surface area contributed by atoms with Crippen LogP contribution in [0.25, 0.3) is 33.3 Å². The Hall–Kier alpha value is -2.87. The molecular formula is C19H20N6O. The fourth-order valence-electron chi connectivity index (χ4n) is 3.38. The summed E-state index contributed by atoms with van der Waals surface area (Å²) in [5, 5.41) is 9.27. The summed E-state index contributed by atoms with van der Waals surface area (Å²) in [6.07, 6.45) is 1.54. The molecule has 1 unspecified atom stereocenters. The second-order valence-corrected chi connectivity index (χ2v) is 6.18. The predicted octanol–water partition coefficient (Wildman–Crippen LogP) is 3.19. The highest BCUT2D eigenvalue weighted by Crippen LogP contribution is 2.31. The largest absolute Gasteiger partial charge is 0.344 e. The second-order valence-electron chi connectivity index (χ2n) is 6.18. The fraction of sp³-hybridized carbons (Fsp3) is 0.211. The van der Waals surface area contributed by atoms with Crippen LogP contribution in [0, 0.1) is 6.92 Å². The van der Waals surface area contributed by atoms with Gasteiger partial charge in [0.1, 0.15) is 5.69 Å². The number of nitrogens with one attached hydrogen (secondary N) is 1. The molecule has 1 aromatic carbocycles.